The zero-order valence-corrected chi connectivity index (χ0v) is 15.5. The third-order valence-corrected chi connectivity index (χ3v) is 5.18. The molecule has 26 heavy (non-hydrogen) atoms. The van der Waals surface area contributed by atoms with Gasteiger partial charge in [-0.1, -0.05) is 6.07 Å². The molecule has 2 aromatic rings. The number of piperazine rings is 1. The molecule has 1 N–H and O–H groups in total. The zero-order valence-electron chi connectivity index (χ0n) is 14.7. The van der Waals surface area contributed by atoms with E-state index in [2.05, 4.69) is 15.2 Å². The number of rotatable bonds is 6. The van der Waals surface area contributed by atoms with Crippen molar-refractivity contribution in [2.24, 2.45) is 0 Å². The molecule has 0 radical (unpaired) electrons. The van der Waals surface area contributed by atoms with Crippen molar-refractivity contribution in [3.05, 3.63) is 46.3 Å². The standard InChI is InChI=1S/C18H22N4O3S/c1-25-17-14(4-2-6-20-17)18(24)22-11-9-21(10-12-22)8-7-19-16(23)15-5-3-13-26-15/h2-6,13H,7-12H2,1H3,(H,19,23). The number of methoxy groups -OCH3 is 1. The molecule has 1 aliphatic rings. The van der Waals surface area contributed by atoms with Gasteiger partial charge in [0.15, 0.2) is 0 Å². The first-order chi connectivity index (χ1) is 12.7. The van der Waals surface area contributed by atoms with Crippen LogP contribution in [0.4, 0.5) is 0 Å². The number of carbonyl (C=O) groups excluding carboxylic acids is 2. The lowest BCUT2D eigenvalue weighted by Crippen LogP contribution is -2.50. The normalized spacial score (nSPS) is 14.9. The minimum Gasteiger partial charge on any atom is -0.480 e. The lowest BCUT2D eigenvalue weighted by Gasteiger charge is -2.34. The third kappa shape index (κ3) is 4.39. The summed E-state index contributed by atoms with van der Waals surface area (Å²) in [6.45, 7) is 4.23. The summed E-state index contributed by atoms with van der Waals surface area (Å²) in [6.07, 6.45) is 1.61. The topological polar surface area (TPSA) is 74.8 Å². The lowest BCUT2D eigenvalue weighted by atomic mass is 10.2. The van der Waals surface area contributed by atoms with Gasteiger partial charge in [0.25, 0.3) is 11.8 Å². The first kappa shape index (κ1) is 18.3. The maximum absolute atomic E-state index is 12.7. The van der Waals surface area contributed by atoms with Crippen molar-refractivity contribution in [2.45, 2.75) is 0 Å². The summed E-state index contributed by atoms with van der Waals surface area (Å²) in [6, 6.07) is 7.16. The average molecular weight is 374 g/mol. The number of pyridine rings is 1. The van der Waals surface area contributed by atoms with Crippen LogP contribution in [-0.2, 0) is 0 Å². The molecule has 0 bridgehead atoms. The molecular weight excluding hydrogens is 352 g/mol. The summed E-state index contributed by atoms with van der Waals surface area (Å²) in [5, 5.41) is 4.82. The van der Waals surface area contributed by atoms with Crippen molar-refractivity contribution in [1.82, 2.24) is 20.1 Å². The number of nitrogens with zero attached hydrogens (tertiary/aromatic N) is 3. The molecule has 0 aliphatic carbocycles. The second kappa shape index (κ2) is 8.77. The number of aromatic nitrogens is 1. The molecule has 1 saturated heterocycles. The van der Waals surface area contributed by atoms with Crippen LogP contribution in [0.2, 0.25) is 0 Å². The molecule has 0 aromatic carbocycles. The molecule has 2 aromatic heterocycles. The maximum atomic E-state index is 12.7. The van der Waals surface area contributed by atoms with Crippen molar-refractivity contribution in [3.63, 3.8) is 0 Å². The van der Waals surface area contributed by atoms with Crippen LogP contribution in [-0.4, -0.2) is 73.0 Å². The minimum absolute atomic E-state index is 0.0301. The molecule has 138 valence electrons. The number of nitrogens with one attached hydrogen (secondary N) is 1. The van der Waals surface area contributed by atoms with E-state index in [-0.39, 0.29) is 11.8 Å². The Morgan fingerprint density at radius 2 is 2.04 bits per heavy atom. The van der Waals surface area contributed by atoms with Gasteiger partial charge in [-0.15, -0.1) is 11.3 Å². The number of thiophene rings is 1. The van der Waals surface area contributed by atoms with Gasteiger partial charge in [0.1, 0.15) is 5.56 Å². The Morgan fingerprint density at radius 1 is 1.23 bits per heavy atom. The van der Waals surface area contributed by atoms with Crippen molar-refractivity contribution >= 4 is 23.2 Å². The van der Waals surface area contributed by atoms with Crippen LogP contribution in [0.25, 0.3) is 0 Å². The van der Waals surface area contributed by atoms with Gasteiger partial charge in [0.2, 0.25) is 5.88 Å². The van der Waals surface area contributed by atoms with E-state index < -0.39 is 0 Å². The highest BCUT2D eigenvalue weighted by Crippen LogP contribution is 2.17. The molecule has 8 heteroatoms. The average Bonchev–Trinajstić information content (AvgIpc) is 3.23. The van der Waals surface area contributed by atoms with Crippen LogP contribution in [0.15, 0.2) is 35.8 Å². The van der Waals surface area contributed by atoms with E-state index in [0.717, 1.165) is 24.5 Å². The van der Waals surface area contributed by atoms with Crippen molar-refractivity contribution < 1.29 is 14.3 Å². The van der Waals surface area contributed by atoms with E-state index in [9.17, 15) is 9.59 Å². The Morgan fingerprint density at radius 3 is 2.73 bits per heavy atom. The third-order valence-electron chi connectivity index (χ3n) is 4.31. The predicted octanol–water partition coefficient (Wildman–Crippen LogP) is 1.34. The molecule has 0 atom stereocenters. The smallest absolute Gasteiger partial charge is 0.261 e. The molecule has 0 spiro atoms. The van der Waals surface area contributed by atoms with Crippen molar-refractivity contribution in [3.8, 4) is 5.88 Å². The largest absolute Gasteiger partial charge is 0.480 e. The van der Waals surface area contributed by atoms with Crippen LogP contribution < -0.4 is 10.1 Å². The summed E-state index contributed by atoms with van der Waals surface area (Å²) in [7, 11) is 1.52. The Bertz CT molecular complexity index is 743. The number of carbonyl (C=O) groups is 2. The fourth-order valence-electron chi connectivity index (χ4n) is 2.88. The van der Waals surface area contributed by atoms with Gasteiger partial charge in [-0.2, -0.15) is 0 Å². The maximum Gasteiger partial charge on any atom is 0.261 e. The number of ether oxygens (including phenoxy) is 1. The molecule has 7 nitrogen and oxygen atoms in total. The van der Waals surface area contributed by atoms with Gasteiger partial charge in [0.05, 0.1) is 12.0 Å². The fourth-order valence-corrected chi connectivity index (χ4v) is 3.52. The van der Waals surface area contributed by atoms with Gasteiger partial charge in [-0.25, -0.2) is 4.98 Å². The zero-order chi connectivity index (χ0) is 18.4. The Labute approximate surface area is 156 Å². The first-order valence-corrected chi connectivity index (χ1v) is 9.39. The van der Waals surface area contributed by atoms with Crippen molar-refractivity contribution in [1.29, 1.82) is 0 Å². The summed E-state index contributed by atoms with van der Waals surface area (Å²) >= 11 is 1.44. The number of amides is 2. The van der Waals surface area contributed by atoms with E-state index >= 15 is 0 Å². The van der Waals surface area contributed by atoms with Crippen LogP contribution in [0.5, 0.6) is 5.88 Å². The lowest BCUT2D eigenvalue weighted by molar-refractivity contribution is 0.0634. The SMILES string of the molecule is COc1ncccc1C(=O)N1CCN(CCNC(=O)c2cccs2)CC1. The molecular formula is C18H22N4O3S. The van der Waals surface area contributed by atoms with E-state index in [4.69, 9.17) is 4.74 Å². The van der Waals surface area contributed by atoms with E-state index in [1.165, 1.54) is 18.4 Å². The molecule has 3 heterocycles. The number of hydrogen-bond acceptors (Lipinski definition) is 6. The van der Waals surface area contributed by atoms with Crippen LogP contribution >= 0.6 is 11.3 Å². The Kier molecular flexibility index (Phi) is 6.19. The Hall–Kier alpha value is -2.45. The summed E-state index contributed by atoms with van der Waals surface area (Å²) in [5.74, 6) is 0.273. The quantitative estimate of drug-likeness (QED) is 0.826. The second-order valence-electron chi connectivity index (χ2n) is 5.93. The minimum atomic E-state index is -0.0550. The van der Waals surface area contributed by atoms with E-state index in [1.54, 1.807) is 18.3 Å². The van der Waals surface area contributed by atoms with Crippen LogP contribution in [0.3, 0.4) is 0 Å². The highest BCUT2D eigenvalue weighted by molar-refractivity contribution is 7.12. The van der Waals surface area contributed by atoms with E-state index in [1.807, 2.05) is 22.4 Å². The molecule has 0 unspecified atom stereocenters. The number of hydrogen-bond donors (Lipinski definition) is 1. The van der Waals surface area contributed by atoms with Gasteiger partial charge < -0.3 is 15.0 Å². The molecule has 1 aliphatic heterocycles. The highest BCUT2D eigenvalue weighted by Gasteiger charge is 2.24. The summed E-state index contributed by atoms with van der Waals surface area (Å²) in [5.41, 5.74) is 0.492. The molecule has 2 amide bonds. The van der Waals surface area contributed by atoms with E-state index in [0.29, 0.717) is 31.1 Å². The Balaban J connectivity index is 1.44. The van der Waals surface area contributed by atoms with Gasteiger partial charge in [0, 0.05) is 45.5 Å². The molecule has 1 fully saturated rings. The van der Waals surface area contributed by atoms with Crippen LogP contribution in [0.1, 0.15) is 20.0 Å². The molecule has 0 saturated carbocycles. The fraction of sp³-hybridized carbons (Fsp3) is 0.389. The van der Waals surface area contributed by atoms with Crippen molar-refractivity contribution in [2.75, 3.05) is 46.4 Å². The second-order valence-corrected chi connectivity index (χ2v) is 6.87. The first-order valence-electron chi connectivity index (χ1n) is 8.51. The summed E-state index contributed by atoms with van der Waals surface area (Å²) in [4.78, 5) is 33.5. The van der Waals surface area contributed by atoms with Gasteiger partial charge >= 0.3 is 0 Å². The monoisotopic (exact) mass is 374 g/mol. The molecule has 3 rings (SSSR count). The van der Waals surface area contributed by atoms with Crippen LogP contribution in [0, 0.1) is 0 Å². The van der Waals surface area contributed by atoms with Gasteiger partial charge in [-0.3, -0.25) is 14.5 Å². The van der Waals surface area contributed by atoms with Gasteiger partial charge in [-0.05, 0) is 23.6 Å². The predicted molar refractivity (Wildman–Crippen MR) is 99.8 cm³/mol. The summed E-state index contributed by atoms with van der Waals surface area (Å²) < 4.78 is 5.18. The highest BCUT2D eigenvalue weighted by atomic mass is 32.1.